The van der Waals surface area contributed by atoms with Crippen LogP contribution in [-0.2, 0) is 0 Å². The Kier molecular flexibility index (Phi) is 5.25. The summed E-state index contributed by atoms with van der Waals surface area (Å²) in [4.78, 5) is 14.7. The largest absolute Gasteiger partial charge is 0.338 e. The Morgan fingerprint density at radius 2 is 2.41 bits per heavy atom. The van der Waals surface area contributed by atoms with Crippen LogP contribution in [-0.4, -0.2) is 30.4 Å². The fourth-order valence-corrected chi connectivity index (χ4v) is 3.17. The second kappa shape index (κ2) is 6.05. The smallest absolute Gasteiger partial charge is 0.265 e. The number of hydrogen-bond acceptors (Lipinski definition) is 3. The Hall–Kier alpha value is -0.290. The first kappa shape index (κ1) is 14.8. The molecular formula is C11H16Cl2N2OS. The molecule has 17 heavy (non-hydrogen) atoms. The van der Waals surface area contributed by atoms with Gasteiger partial charge in [0.2, 0.25) is 0 Å². The van der Waals surface area contributed by atoms with Crippen LogP contribution in [0.3, 0.4) is 0 Å². The number of aryl methyl sites for hydroxylation is 1. The van der Waals surface area contributed by atoms with E-state index in [9.17, 15) is 4.79 Å². The van der Waals surface area contributed by atoms with E-state index in [0.717, 1.165) is 25.1 Å². The van der Waals surface area contributed by atoms with Gasteiger partial charge in [-0.25, -0.2) is 0 Å². The number of nitrogens with two attached hydrogens (primary N) is 1. The van der Waals surface area contributed by atoms with Crippen molar-refractivity contribution in [3.63, 3.8) is 0 Å². The van der Waals surface area contributed by atoms with Gasteiger partial charge < -0.3 is 10.6 Å². The highest BCUT2D eigenvalue weighted by Crippen LogP contribution is 2.29. The SMILES string of the molecule is Cc1csc(C(=O)N2CCC(CN)C2)c1Cl.Cl. The van der Waals surface area contributed by atoms with Gasteiger partial charge in [-0.15, -0.1) is 23.7 Å². The van der Waals surface area contributed by atoms with Gasteiger partial charge in [-0.1, -0.05) is 11.6 Å². The molecule has 0 aliphatic carbocycles. The summed E-state index contributed by atoms with van der Waals surface area (Å²) in [6.07, 6.45) is 1.00. The normalized spacial score (nSPS) is 19.2. The molecule has 1 amide bonds. The van der Waals surface area contributed by atoms with E-state index >= 15 is 0 Å². The van der Waals surface area contributed by atoms with Crippen molar-refractivity contribution in [1.82, 2.24) is 4.90 Å². The summed E-state index contributed by atoms with van der Waals surface area (Å²) in [7, 11) is 0. The number of carbonyl (C=O) groups excluding carboxylic acids is 1. The first-order chi connectivity index (χ1) is 7.63. The molecule has 0 saturated carbocycles. The minimum atomic E-state index is 0. The van der Waals surface area contributed by atoms with Gasteiger partial charge in [-0.3, -0.25) is 4.79 Å². The number of halogens is 2. The van der Waals surface area contributed by atoms with Crippen LogP contribution in [0.25, 0.3) is 0 Å². The third kappa shape index (κ3) is 2.94. The third-order valence-electron chi connectivity index (χ3n) is 3.00. The topological polar surface area (TPSA) is 46.3 Å². The molecule has 1 aliphatic heterocycles. The van der Waals surface area contributed by atoms with Crippen molar-refractivity contribution >= 4 is 41.3 Å². The Morgan fingerprint density at radius 1 is 1.71 bits per heavy atom. The second-order valence-electron chi connectivity index (χ2n) is 4.20. The molecular weight excluding hydrogens is 279 g/mol. The monoisotopic (exact) mass is 294 g/mol. The maximum absolute atomic E-state index is 12.2. The van der Waals surface area contributed by atoms with Crippen LogP contribution >= 0.6 is 35.3 Å². The lowest BCUT2D eigenvalue weighted by atomic mass is 10.1. The summed E-state index contributed by atoms with van der Waals surface area (Å²) < 4.78 is 0. The van der Waals surface area contributed by atoms with Crippen molar-refractivity contribution in [3.8, 4) is 0 Å². The van der Waals surface area contributed by atoms with Crippen LogP contribution in [0.2, 0.25) is 5.02 Å². The van der Waals surface area contributed by atoms with Crippen molar-refractivity contribution in [2.24, 2.45) is 11.7 Å². The quantitative estimate of drug-likeness (QED) is 0.911. The number of thiophene rings is 1. The fourth-order valence-electron chi connectivity index (χ4n) is 1.93. The van der Waals surface area contributed by atoms with Gasteiger partial charge in [0.25, 0.3) is 5.91 Å². The van der Waals surface area contributed by atoms with E-state index in [2.05, 4.69) is 0 Å². The first-order valence-corrected chi connectivity index (χ1v) is 6.62. The average Bonchev–Trinajstić information content (AvgIpc) is 2.87. The van der Waals surface area contributed by atoms with E-state index in [1.807, 2.05) is 17.2 Å². The first-order valence-electron chi connectivity index (χ1n) is 5.36. The molecule has 0 aromatic carbocycles. The highest BCUT2D eigenvalue weighted by Gasteiger charge is 2.28. The zero-order chi connectivity index (χ0) is 11.7. The van der Waals surface area contributed by atoms with Crippen LogP contribution in [0.4, 0.5) is 0 Å². The van der Waals surface area contributed by atoms with Crippen LogP contribution in [0.5, 0.6) is 0 Å². The van der Waals surface area contributed by atoms with Crippen LogP contribution < -0.4 is 5.73 Å². The molecule has 3 nitrogen and oxygen atoms in total. The van der Waals surface area contributed by atoms with Gasteiger partial charge in [0, 0.05) is 13.1 Å². The van der Waals surface area contributed by atoms with E-state index < -0.39 is 0 Å². The summed E-state index contributed by atoms with van der Waals surface area (Å²) >= 11 is 7.52. The molecule has 2 heterocycles. The van der Waals surface area contributed by atoms with Crippen LogP contribution in [0, 0.1) is 12.8 Å². The molecule has 1 fully saturated rings. The minimum absolute atomic E-state index is 0. The molecule has 1 atom stereocenters. The van der Waals surface area contributed by atoms with Gasteiger partial charge in [-0.2, -0.15) is 0 Å². The summed E-state index contributed by atoms with van der Waals surface area (Å²) in [5, 5.41) is 2.53. The number of hydrogen-bond donors (Lipinski definition) is 1. The van der Waals surface area contributed by atoms with Gasteiger partial charge in [0.1, 0.15) is 4.88 Å². The fraction of sp³-hybridized carbons (Fsp3) is 0.545. The maximum atomic E-state index is 12.2. The molecule has 1 aromatic heterocycles. The summed E-state index contributed by atoms with van der Waals surface area (Å²) in [6, 6.07) is 0. The zero-order valence-electron chi connectivity index (χ0n) is 9.61. The Bertz CT molecular complexity index is 408. The highest BCUT2D eigenvalue weighted by molar-refractivity contribution is 7.13. The molecule has 0 bridgehead atoms. The summed E-state index contributed by atoms with van der Waals surface area (Å²) in [6.45, 7) is 4.14. The predicted octanol–water partition coefficient (Wildman–Crippen LogP) is 2.55. The minimum Gasteiger partial charge on any atom is -0.338 e. The van der Waals surface area contributed by atoms with Crippen molar-refractivity contribution in [2.75, 3.05) is 19.6 Å². The molecule has 1 unspecified atom stereocenters. The van der Waals surface area contributed by atoms with Gasteiger partial charge in [0.05, 0.1) is 5.02 Å². The lowest BCUT2D eigenvalue weighted by molar-refractivity contribution is 0.0792. The van der Waals surface area contributed by atoms with E-state index in [4.69, 9.17) is 17.3 Å². The molecule has 2 rings (SSSR count). The standard InChI is InChI=1S/C11H15ClN2OS.ClH/c1-7-6-16-10(9(7)12)11(15)14-3-2-8(4-13)5-14;/h6,8H,2-5,13H2,1H3;1H. The lowest BCUT2D eigenvalue weighted by Crippen LogP contribution is -2.29. The molecule has 96 valence electrons. The molecule has 1 aliphatic rings. The van der Waals surface area contributed by atoms with Crippen molar-refractivity contribution in [3.05, 3.63) is 20.8 Å². The average molecular weight is 295 g/mol. The number of nitrogens with zero attached hydrogens (tertiary/aromatic N) is 1. The van der Waals surface area contributed by atoms with Crippen LogP contribution in [0.15, 0.2) is 5.38 Å². The molecule has 1 aromatic rings. The number of amides is 1. The summed E-state index contributed by atoms with van der Waals surface area (Å²) in [5.41, 5.74) is 6.58. The zero-order valence-corrected chi connectivity index (χ0v) is 12.0. The van der Waals surface area contributed by atoms with E-state index in [0.29, 0.717) is 22.4 Å². The number of rotatable bonds is 2. The predicted molar refractivity (Wildman–Crippen MR) is 74.4 cm³/mol. The molecule has 0 radical (unpaired) electrons. The number of carbonyl (C=O) groups is 1. The van der Waals surface area contributed by atoms with Crippen molar-refractivity contribution in [1.29, 1.82) is 0 Å². The Labute approximate surface area is 116 Å². The molecule has 6 heteroatoms. The molecule has 0 spiro atoms. The van der Waals surface area contributed by atoms with Gasteiger partial charge in [0.15, 0.2) is 0 Å². The second-order valence-corrected chi connectivity index (χ2v) is 5.46. The maximum Gasteiger partial charge on any atom is 0.265 e. The van der Waals surface area contributed by atoms with E-state index in [1.54, 1.807) is 0 Å². The Morgan fingerprint density at radius 3 is 2.88 bits per heavy atom. The lowest BCUT2D eigenvalue weighted by Gasteiger charge is -2.15. The van der Waals surface area contributed by atoms with Crippen molar-refractivity contribution < 1.29 is 4.79 Å². The van der Waals surface area contributed by atoms with Gasteiger partial charge in [-0.05, 0) is 36.8 Å². The Balaban J connectivity index is 0.00000144. The van der Waals surface area contributed by atoms with E-state index in [1.165, 1.54) is 11.3 Å². The van der Waals surface area contributed by atoms with Gasteiger partial charge >= 0.3 is 0 Å². The van der Waals surface area contributed by atoms with Crippen LogP contribution in [0.1, 0.15) is 21.7 Å². The number of likely N-dealkylation sites (tertiary alicyclic amines) is 1. The van der Waals surface area contributed by atoms with Crippen molar-refractivity contribution in [2.45, 2.75) is 13.3 Å². The molecule has 2 N–H and O–H groups in total. The molecule has 1 saturated heterocycles. The van der Waals surface area contributed by atoms with E-state index in [-0.39, 0.29) is 18.3 Å². The third-order valence-corrected chi connectivity index (χ3v) is 4.68. The summed E-state index contributed by atoms with van der Waals surface area (Å²) in [5.74, 6) is 0.503. The highest BCUT2D eigenvalue weighted by atomic mass is 35.5.